The summed E-state index contributed by atoms with van der Waals surface area (Å²) in [5.74, 6) is -0.393. The number of hydrogen-bond acceptors (Lipinski definition) is 8. The van der Waals surface area contributed by atoms with Crippen molar-refractivity contribution in [2.75, 3.05) is 40.5 Å². The number of nitrogens with zero attached hydrogens (tertiary/aromatic N) is 2. The van der Waals surface area contributed by atoms with Gasteiger partial charge in [-0.25, -0.2) is 4.79 Å². The molecule has 4 rings (SSSR count). The maximum Gasteiger partial charge on any atom is 0.338 e. The zero-order chi connectivity index (χ0) is 30.1. The van der Waals surface area contributed by atoms with Gasteiger partial charge in [-0.3, -0.25) is 15.0 Å². The number of carbonyl (C=O) groups is 3. The first-order valence-electron chi connectivity index (χ1n) is 13.4. The molecule has 3 aromatic carbocycles. The molecule has 3 N–H and O–H groups in total. The summed E-state index contributed by atoms with van der Waals surface area (Å²) in [6, 6.07) is 19.2. The van der Waals surface area contributed by atoms with E-state index in [1.54, 1.807) is 38.5 Å². The van der Waals surface area contributed by atoms with E-state index in [1.807, 2.05) is 36.4 Å². The van der Waals surface area contributed by atoms with Crippen LogP contribution in [0, 0.1) is 5.41 Å². The minimum absolute atomic E-state index is 0.123. The van der Waals surface area contributed by atoms with E-state index in [-0.39, 0.29) is 36.7 Å². The van der Waals surface area contributed by atoms with E-state index >= 15 is 0 Å². The molecule has 1 aliphatic heterocycles. The lowest BCUT2D eigenvalue weighted by atomic mass is 10.1. The van der Waals surface area contributed by atoms with Gasteiger partial charge in [-0.15, -0.1) is 0 Å². The van der Waals surface area contributed by atoms with Gasteiger partial charge in [0.1, 0.15) is 29.7 Å². The predicted molar refractivity (Wildman–Crippen MR) is 155 cm³/mol. The molecule has 42 heavy (non-hydrogen) atoms. The number of nitrogens with two attached hydrogens (primary N) is 1. The van der Waals surface area contributed by atoms with Gasteiger partial charge in [-0.05, 0) is 42.3 Å². The Morgan fingerprint density at radius 2 is 1.64 bits per heavy atom. The fraction of sp³-hybridized carbons (Fsp3) is 0.290. The third kappa shape index (κ3) is 7.36. The fourth-order valence-corrected chi connectivity index (χ4v) is 4.50. The van der Waals surface area contributed by atoms with E-state index in [4.69, 9.17) is 30.1 Å². The van der Waals surface area contributed by atoms with Crippen LogP contribution in [0.15, 0.2) is 66.7 Å². The van der Waals surface area contributed by atoms with E-state index in [9.17, 15) is 14.4 Å². The van der Waals surface area contributed by atoms with Crippen molar-refractivity contribution >= 4 is 23.6 Å². The molecular weight excluding hydrogens is 540 g/mol. The fourth-order valence-electron chi connectivity index (χ4n) is 4.50. The number of nitrogen functional groups attached to an aromatic ring is 1. The lowest BCUT2D eigenvalue weighted by Crippen LogP contribution is -2.54. The molecule has 1 fully saturated rings. The molecule has 0 saturated carbocycles. The molecule has 0 bridgehead atoms. The average molecular weight is 575 g/mol. The van der Waals surface area contributed by atoms with Crippen LogP contribution in [0.2, 0.25) is 0 Å². The molecule has 0 unspecified atom stereocenters. The summed E-state index contributed by atoms with van der Waals surface area (Å²) >= 11 is 0. The molecule has 11 nitrogen and oxygen atoms in total. The van der Waals surface area contributed by atoms with Crippen LogP contribution in [0.1, 0.15) is 33.5 Å². The van der Waals surface area contributed by atoms with Crippen LogP contribution in [0.5, 0.6) is 17.2 Å². The second-order valence-electron chi connectivity index (χ2n) is 9.59. The third-order valence-corrected chi connectivity index (χ3v) is 6.80. The minimum atomic E-state index is -0.575. The van der Waals surface area contributed by atoms with Gasteiger partial charge in [0.2, 0.25) is 0 Å². The largest absolute Gasteiger partial charge is 0.497 e. The first-order chi connectivity index (χ1) is 20.3. The first-order valence-corrected chi connectivity index (χ1v) is 13.4. The number of benzene rings is 3. The topological polar surface area (TPSA) is 144 Å². The Balaban J connectivity index is 1.27. The zero-order valence-corrected chi connectivity index (χ0v) is 23.6. The van der Waals surface area contributed by atoms with Crippen LogP contribution in [-0.4, -0.2) is 73.9 Å². The second-order valence-corrected chi connectivity index (χ2v) is 9.59. The van der Waals surface area contributed by atoms with Crippen molar-refractivity contribution in [3.8, 4) is 17.2 Å². The quantitative estimate of drug-likeness (QED) is 0.104. The Morgan fingerprint density at radius 3 is 2.36 bits per heavy atom. The van der Waals surface area contributed by atoms with Gasteiger partial charge in [-0.1, -0.05) is 30.3 Å². The van der Waals surface area contributed by atoms with Gasteiger partial charge in [0, 0.05) is 37.8 Å². The maximum absolute atomic E-state index is 12.8. The molecule has 11 heteroatoms. The van der Waals surface area contributed by atoms with Crippen molar-refractivity contribution < 1.29 is 33.3 Å². The number of piperazine rings is 1. The maximum atomic E-state index is 12.8. The highest BCUT2D eigenvalue weighted by atomic mass is 16.5. The molecule has 0 atom stereocenters. The molecule has 0 radical (unpaired) electrons. The van der Waals surface area contributed by atoms with Crippen LogP contribution in [0.25, 0.3) is 0 Å². The summed E-state index contributed by atoms with van der Waals surface area (Å²) in [5, 5.41) is 7.92. The molecule has 1 heterocycles. The average Bonchev–Trinajstić information content (AvgIpc) is 3.01. The zero-order valence-electron chi connectivity index (χ0n) is 23.6. The number of methoxy groups -OCH3 is 2. The summed E-state index contributed by atoms with van der Waals surface area (Å²) < 4.78 is 21.8. The van der Waals surface area contributed by atoms with E-state index in [0.717, 1.165) is 11.1 Å². The number of carbonyl (C=O) groups excluding carboxylic acids is 3. The van der Waals surface area contributed by atoms with Crippen molar-refractivity contribution in [1.82, 2.24) is 9.80 Å². The molecule has 220 valence electrons. The van der Waals surface area contributed by atoms with Crippen molar-refractivity contribution in [3.05, 3.63) is 89.0 Å². The van der Waals surface area contributed by atoms with Gasteiger partial charge >= 0.3 is 17.8 Å². The number of amides is 2. The van der Waals surface area contributed by atoms with E-state index in [1.165, 1.54) is 15.9 Å². The highest BCUT2D eigenvalue weighted by molar-refractivity contribution is 6.35. The lowest BCUT2D eigenvalue weighted by molar-refractivity contribution is -0.156. The van der Waals surface area contributed by atoms with Crippen molar-refractivity contribution in [1.29, 1.82) is 5.41 Å². The third-order valence-electron chi connectivity index (χ3n) is 6.80. The molecule has 0 aromatic heterocycles. The molecule has 1 aliphatic rings. The number of hydrogen-bond donors (Lipinski definition) is 2. The van der Waals surface area contributed by atoms with Gasteiger partial charge in [0.25, 0.3) is 0 Å². The summed E-state index contributed by atoms with van der Waals surface area (Å²) in [6.45, 7) is 1.68. The number of esters is 1. The number of rotatable bonds is 13. The summed E-state index contributed by atoms with van der Waals surface area (Å²) in [7, 11) is 3.10. The SMILES string of the molecule is COc1ccc(CN2CCN(CCCOc3ccc(C(=O)OCc4ccccc4)cc3C(=N)N)C(=O)C2=O)c(OC)c1. The molecule has 3 aromatic rings. The monoisotopic (exact) mass is 574 g/mol. The van der Waals surface area contributed by atoms with Crippen LogP contribution in [-0.2, 0) is 27.5 Å². The van der Waals surface area contributed by atoms with E-state index in [2.05, 4.69) is 0 Å². The van der Waals surface area contributed by atoms with Crippen LogP contribution in [0.3, 0.4) is 0 Å². The molecular formula is C31H34N4O7. The highest BCUT2D eigenvalue weighted by Gasteiger charge is 2.32. The molecule has 1 saturated heterocycles. The van der Waals surface area contributed by atoms with Crippen LogP contribution in [0.4, 0.5) is 0 Å². The Kier molecular flexibility index (Phi) is 9.99. The Morgan fingerprint density at radius 1 is 0.905 bits per heavy atom. The van der Waals surface area contributed by atoms with Crippen molar-refractivity contribution in [2.45, 2.75) is 19.6 Å². The molecule has 0 spiro atoms. The number of ether oxygens (including phenoxy) is 4. The van der Waals surface area contributed by atoms with Crippen molar-refractivity contribution in [3.63, 3.8) is 0 Å². The number of nitrogens with one attached hydrogen (secondary N) is 1. The van der Waals surface area contributed by atoms with Gasteiger partial charge < -0.3 is 34.5 Å². The van der Waals surface area contributed by atoms with Crippen LogP contribution >= 0.6 is 0 Å². The summed E-state index contributed by atoms with van der Waals surface area (Å²) in [6.07, 6.45) is 0.448. The lowest BCUT2D eigenvalue weighted by Gasteiger charge is -2.34. The van der Waals surface area contributed by atoms with Gasteiger partial charge in [0.05, 0.1) is 32.0 Å². The number of amidine groups is 1. The van der Waals surface area contributed by atoms with E-state index in [0.29, 0.717) is 43.3 Å². The van der Waals surface area contributed by atoms with Gasteiger partial charge in [0.15, 0.2) is 0 Å². The minimum Gasteiger partial charge on any atom is -0.497 e. The normalized spacial score (nSPS) is 13.1. The summed E-state index contributed by atoms with van der Waals surface area (Å²) in [4.78, 5) is 41.1. The molecule has 0 aliphatic carbocycles. The highest BCUT2D eigenvalue weighted by Crippen LogP contribution is 2.26. The standard InChI is InChI=1S/C31H34N4O7/c1-39-24-11-9-23(27(18-24)40-2)19-35-15-14-34(29(36)30(35)37)13-6-16-41-26-12-10-22(17-25(26)28(32)33)31(38)42-20-21-7-4-3-5-8-21/h3-5,7-12,17-18H,6,13-16,19-20H2,1-2H3,(H3,32,33). The second kappa shape index (κ2) is 14.0. The van der Waals surface area contributed by atoms with Gasteiger partial charge in [-0.2, -0.15) is 0 Å². The Bertz CT molecular complexity index is 1440. The van der Waals surface area contributed by atoms with Crippen molar-refractivity contribution in [2.24, 2.45) is 5.73 Å². The summed E-state index contributed by atoms with van der Waals surface area (Å²) in [5.41, 5.74) is 7.89. The Hall–Kier alpha value is -5.06. The van der Waals surface area contributed by atoms with E-state index < -0.39 is 17.8 Å². The van der Waals surface area contributed by atoms with Crippen LogP contribution < -0.4 is 19.9 Å². The first kappa shape index (κ1) is 29.9. The molecule has 2 amide bonds. The smallest absolute Gasteiger partial charge is 0.338 e. The predicted octanol–water partition coefficient (Wildman–Crippen LogP) is 2.98. The Labute approximate surface area is 244 Å².